The van der Waals surface area contributed by atoms with E-state index < -0.39 is 6.10 Å². The van der Waals surface area contributed by atoms with E-state index in [-0.39, 0.29) is 17.9 Å². The summed E-state index contributed by atoms with van der Waals surface area (Å²) in [6.45, 7) is 6.64. The smallest absolute Gasteiger partial charge is 0.186 e. The first-order valence-electron chi connectivity index (χ1n) is 5.64. The van der Waals surface area contributed by atoms with Crippen LogP contribution in [0.1, 0.15) is 38.0 Å². The molecule has 4 heteroatoms. The van der Waals surface area contributed by atoms with Crippen LogP contribution in [0.3, 0.4) is 0 Å². The number of benzene rings is 1. The lowest BCUT2D eigenvalue weighted by Crippen LogP contribution is -2.23. The van der Waals surface area contributed by atoms with Gasteiger partial charge < -0.3 is 16.6 Å². The van der Waals surface area contributed by atoms with Gasteiger partial charge >= 0.3 is 0 Å². The van der Waals surface area contributed by atoms with Crippen molar-refractivity contribution < 1.29 is 5.11 Å². The number of aliphatic hydroxyl groups is 1. The summed E-state index contributed by atoms with van der Waals surface area (Å²) in [5.41, 5.74) is 12.6. The van der Waals surface area contributed by atoms with Crippen LogP contribution < -0.4 is 11.5 Å². The van der Waals surface area contributed by atoms with E-state index in [4.69, 9.17) is 11.5 Å². The van der Waals surface area contributed by atoms with E-state index in [1.54, 1.807) is 0 Å². The Hall–Kier alpha value is -1.55. The Morgan fingerprint density at radius 1 is 1.24 bits per heavy atom. The van der Waals surface area contributed by atoms with Crippen LogP contribution in [-0.2, 0) is 5.41 Å². The van der Waals surface area contributed by atoms with Crippen molar-refractivity contribution in [2.75, 3.05) is 6.54 Å². The average Bonchev–Trinajstić information content (AvgIpc) is 2.25. The van der Waals surface area contributed by atoms with Crippen molar-refractivity contribution in [3.63, 3.8) is 0 Å². The number of hydrogen-bond donors (Lipinski definition) is 3. The number of aliphatic hydroxyl groups excluding tert-OH is 1. The summed E-state index contributed by atoms with van der Waals surface area (Å²) in [7, 11) is 0. The first-order valence-corrected chi connectivity index (χ1v) is 5.64. The molecule has 0 spiro atoms. The van der Waals surface area contributed by atoms with Crippen LogP contribution in [0.5, 0.6) is 0 Å². The number of nitrogens with two attached hydrogens (primary N) is 2. The molecular formula is C13H21N3O. The van der Waals surface area contributed by atoms with Gasteiger partial charge in [-0.05, 0) is 16.5 Å². The first-order chi connectivity index (χ1) is 7.80. The van der Waals surface area contributed by atoms with Gasteiger partial charge in [-0.2, -0.15) is 0 Å². The van der Waals surface area contributed by atoms with Gasteiger partial charge in [-0.1, -0.05) is 45.0 Å². The van der Waals surface area contributed by atoms with E-state index >= 15 is 0 Å². The van der Waals surface area contributed by atoms with Gasteiger partial charge in [0.25, 0.3) is 0 Å². The van der Waals surface area contributed by atoms with Gasteiger partial charge in [-0.25, -0.2) is 0 Å². The van der Waals surface area contributed by atoms with Gasteiger partial charge in [0.1, 0.15) is 0 Å². The second kappa shape index (κ2) is 5.19. The normalized spacial score (nSPS) is 13.2. The molecule has 0 aliphatic heterocycles. The molecule has 1 rings (SSSR count). The zero-order valence-corrected chi connectivity index (χ0v) is 10.6. The Balaban J connectivity index is 2.77. The lowest BCUT2D eigenvalue weighted by molar-refractivity contribution is 0.187. The fourth-order valence-corrected chi connectivity index (χ4v) is 1.50. The van der Waals surface area contributed by atoms with Crippen molar-refractivity contribution in [3.05, 3.63) is 35.4 Å². The summed E-state index contributed by atoms with van der Waals surface area (Å²) in [4.78, 5) is 3.79. The average molecular weight is 235 g/mol. The van der Waals surface area contributed by atoms with Crippen LogP contribution >= 0.6 is 0 Å². The van der Waals surface area contributed by atoms with Crippen molar-refractivity contribution in [3.8, 4) is 0 Å². The van der Waals surface area contributed by atoms with E-state index in [0.29, 0.717) is 0 Å². The molecular weight excluding hydrogens is 214 g/mol. The van der Waals surface area contributed by atoms with Gasteiger partial charge in [0.2, 0.25) is 0 Å². The van der Waals surface area contributed by atoms with E-state index in [2.05, 4.69) is 25.8 Å². The molecule has 1 unspecified atom stereocenters. The Kier molecular flexibility index (Phi) is 4.12. The van der Waals surface area contributed by atoms with Crippen molar-refractivity contribution in [1.29, 1.82) is 0 Å². The fourth-order valence-electron chi connectivity index (χ4n) is 1.50. The summed E-state index contributed by atoms with van der Waals surface area (Å²) in [5, 5.41) is 9.84. The zero-order chi connectivity index (χ0) is 13.1. The summed E-state index contributed by atoms with van der Waals surface area (Å²) in [5.74, 6) is -0.00429. The molecule has 0 heterocycles. The fraction of sp³-hybridized carbons (Fsp3) is 0.462. The molecule has 1 aromatic rings. The van der Waals surface area contributed by atoms with Crippen LogP contribution in [0.2, 0.25) is 0 Å². The summed E-state index contributed by atoms with van der Waals surface area (Å²) in [6.07, 6.45) is -0.661. The summed E-state index contributed by atoms with van der Waals surface area (Å²) >= 11 is 0. The number of nitrogens with zero attached hydrogens (tertiary/aromatic N) is 1. The quantitative estimate of drug-likeness (QED) is 0.545. The SMILES string of the molecule is CC(C)(C)c1ccc(C(O)CN=C(N)N)cc1. The van der Waals surface area contributed by atoms with Crippen molar-refractivity contribution in [2.45, 2.75) is 32.3 Å². The van der Waals surface area contributed by atoms with E-state index in [0.717, 1.165) is 5.56 Å². The molecule has 5 N–H and O–H groups in total. The monoisotopic (exact) mass is 235 g/mol. The second-order valence-corrected chi connectivity index (χ2v) is 5.15. The third-order valence-corrected chi connectivity index (χ3v) is 2.61. The molecule has 0 radical (unpaired) electrons. The second-order valence-electron chi connectivity index (χ2n) is 5.15. The Morgan fingerprint density at radius 3 is 2.18 bits per heavy atom. The number of guanidine groups is 1. The first kappa shape index (κ1) is 13.5. The highest BCUT2D eigenvalue weighted by molar-refractivity contribution is 5.75. The molecule has 0 aromatic heterocycles. The molecule has 94 valence electrons. The van der Waals surface area contributed by atoms with Gasteiger partial charge in [0.05, 0.1) is 12.6 Å². The highest BCUT2D eigenvalue weighted by atomic mass is 16.3. The lowest BCUT2D eigenvalue weighted by Gasteiger charge is -2.19. The number of rotatable bonds is 3. The van der Waals surface area contributed by atoms with Crippen molar-refractivity contribution in [1.82, 2.24) is 0 Å². The molecule has 1 aromatic carbocycles. The van der Waals surface area contributed by atoms with Gasteiger partial charge in [-0.15, -0.1) is 0 Å². The molecule has 0 amide bonds. The van der Waals surface area contributed by atoms with E-state index in [1.807, 2.05) is 24.3 Å². The molecule has 0 bridgehead atoms. The molecule has 1 atom stereocenters. The molecule has 17 heavy (non-hydrogen) atoms. The predicted molar refractivity (Wildman–Crippen MR) is 70.8 cm³/mol. The van der Waals surface area contributed by atoms with Crippen molar-refractivity contribution >= 4 is 5.96 Å². The summed E-state index contributed by atoms with van der Waals surface area (Å²) in [6, 6.07) is 7.86. The zero-order valence-electron chi connectivity index (χ0n) is 10.6. The third kappa shape index (κ3) is 4.07. The molecule has 0 saturated heterocycles. The molecule has 0 aliphatic carbocycles. The highest BCUT2D eigenvalue weighted by Gasteiger charge is 2.14. The van der Waals surface area contributed by atoms with Gasteiger partial charge in [0.15, 0.2) is 5.96 Å². The van der Waals surface area contributed by atoms with Crippen LogP contribution in [0, 0.1) is 0 Å². The van der Waals surface area contributed by atoms with Crippen molar-refractivity contribution in [2.24, 2.45) is 16.5 Å². The standard InChI is InChI=1S/C13H21N3O/c1-13(2,3)10-6-4-9(5-7-10)11(17)8-16-12(14)15/h4-7,11,17H,8H2,1-3H3,(H4,14,15,16). The van der Waals surface area contributed by atoms with Crippen LogP contribution in [0.15, 0.2) is 29.3 Å². The maximum absolute atomic E-state index is 9.84. The largest absolute Gasteiger partial charge is 0.386 e. The predicted octanol–water partition coefficient (Wildman–Crippen LogP) is 1.29. The van der Waals surface area contributed by atoms with E-state index in [1.165, 1.54) is 5.56 Å². The summed E-state index contributed by atoms with van der Waals surface area (Å²) < 4.78 is 0. The number of hydrogen-bond acceptors (Lipinski definition) is 2. The molecule has 0 aliphatic rings. The molecule has 0 fully saturated rings. The maximum Gasteiger partial charge on any atom is 0.186 e. The maximum atomic E-state index is 9.84. The Labute approximate surface area is 102 Å². The number of aliphatic imine (C=N–C) groups is 1. The molecule has 4 nitrogen and oxygen atoms in total. The van der Waals surface area contributed by atoms with E-state index in [9.17, 15) is 5.11 Å². The highest BCUT2D eigenvalue weighted by Crippen LogP contribution is 2.23. The Morgan fingerprint density at radius 2 is 1.76 bits per heavy atom. The topological polar surface area (TPSA) is 84.6 Å². The minimum absolute atomic E-state index is 0.00429. The molecule has 0 saturated carbocycles. The Bertz CT molecular complexity index is 386. The third-order valence-electron chi connectivity index (χ3n) is 2.61. The van der Waals surface area contributed by atoms with Crippen LogP contribution in [0.25, 0.3) is 0 Å². The van der Waals surface area contributed by atoms with Crippen LogP contribution in [0.4, 0.5) is 0 Å². The van der Waals surface area contributed by atoms with Crippen LogP contribution in [-0.4, -0.2) is 17.6 Å². The minimum atomic E-state index is -0.661. The minimum Gasteiger partial charge on any atom is -0.386 e. The lowest BCUT2D eigenvalue weighted by atomic mass is 9.86. The van der Waals surface area contributed by atoms with Gasteiger partial charge in [0, 0.05) is 0 Å². The van der Waals surface area contributed by atoms with Gasteiger partial charge in [-0.3, -0.25) is 4.99 Å².